The van der Waals surface area contributed by atoms with Gasteiger partial charge >= 0.3 is 0 Å². The number of imidazole rings is 1. The third-order valence-corrected chi connectivity index (χ3v) is 3.13. The van der Waals surface area contributed by atoms with E-state index < -0.39 is 0 Å². The van der Waals surface area contributed by atoms with E-state index in [1.165, 1.54) is 0 Å². The molecule has 2 heterocycles. The summed E-state index contributed by atoms with van der Waals surface area (Å²) in [6, 6.07) is 7.93. The predicted molar refractivity (Wildman–Crippen MR) is 78.1 cm³/mol. The Morgan fingerprint density at radius 1 is 1.15 bits per heavy atom. The third kappa shape index (κ3) is 3.19. The lowest BCUT2D eigenvalue weighted by Crippen LogP contribution is -2.17. The molecule has 0 spiro atoms. The summed E-state index contributed by atoms with van der Waals surface area (Å²) in [5.41, 5.74) is 2.87. The Kier molecular flexibility index (Phi) is 3.99. The molecule has 5 nitrogen and oxygen atoms in total. The molecule has 0 bridgehead atoms. The SMILES string of the molecule is c1ccc2nc(CNCCCn3ccnc3)cnc2c1. The summed E-state index contributed by atoms with van der Waals surface area (Å²) in [6.07, 6.45) is 8.53. The number of benzene rings is 1. The second-order valence-corrected chi connectivity index (χ2v) is 4.68. The fraction of sp³-hybridized carbons (Fsp3) is 0.267. The van der Waals surface area contributed by atoms with Crippen LogP contribution in [0.15, 0.2) is 49.2 Å². The van der Waals surface area contributed by atoms with Crippen LogP contribution in [0.5, 0.6) is 0 Å². The van der Waals surface area contributed by atoms with Gasteiger partial charge in [-0.1, -0.05) is 12.1 Å². The number of para-hydroxylation sites is 2. The van der Waals surface area contributed by atoms with Crippen LogP contribution in [0.25, 0.3) is 11.0 Å². The zero-order valence-electron chi connectivity index (χ0n) is 11.2. The van der Waals surface area contributed by atoms with Crippen molar-refractivity contribution in [3.05, 3.63) is 54.9 Å². The topological polar surface area (TPSA) is 55.6 Å². The molecule has 1 aromatic carbocycles. The van der Waals surface area contributed by atoms with Crippen LogP contribution >= 0.6 is 0 Å². The molecule has 0 saturated carbocycles. The summed E-state index contributed by atoms with van der Waals surface area (Å²) in [6.45, 7) is 2.69. The molecule has 0 aliphatic carbocycles. The number of hydrogen-bond donors (Lipinski definition) is 1. The van der Waals surface area contributed by atoms with Crippen LogP contribution in [0.4, 0.5) is 0 Å². The van der Waals surface area contributed by atoms with Crippen molar-refractivity contribution in [2.45, 2.75) is 19.5 Å². The Bertz CT molecular complexity index is 663. The monoisotopic (exact) mass is 267 g/mol. The minimum Gasteiger partial charge on any atom is -0.337 e. The first kappa shape index (κ1) is 12.7. The molecule has 102 valence electrons. The fourth-order valence-corrected chi connectivity index (χ4v) is 2.10. The van der Waals surface area contributed by atoms with Crippen molar-refractivity contribution in [2.75, 3.05) is 6.54 Å². The predicted octanol–water partition coefficient (Wildman–Crippen LogP) is 2.01. The normalized spacial score (nSPS) is 11.0. The number of rotatable bonds is 6. The van der Waals surface area contributed by atoms with Crippen LogP contribution < -0.4 is 5.32 Å². The smallest absolute Gasteiger partial charge is 0.0945 e. The molecule has 0 aliphatic heterocycles. The average molecular weight is 267 g/mol. The van der Waals surface area contributed by atoms with Crippen molar-refractivity contribution in [2.24, 2.45) is 0 Å². The second kappa shape index (κ2) is 6.25. The van der Waals surface area contributed by atoms with Gasteiger partial charge in [0, 0.05) is 25.5 Å². The van der Waals surface area contributed by atoms with Gasteiger partial charge in [-0.2, -0.15) is 0 Å². The number of hydrogen-bond acceptors (Lipinski definition) is 4. The highest BCUT2D eigenvalue weighted by Gasteiger charge is 1.99. The lowest BCUT2D eigenvalue weighted by Gasteiger charge is -2.05. The van der Waals surface area contributed by atoms with E-state index in [-0.39, 0.29) is 0 Å². The molecule has 0 saturated heterocycles. The van der Waals surface area contributed by atoms with Crippen LogP contribution in [0.1, 0.15) is 12.1 Å². The van der Waals surface area contributed by atoms with E-state index in [2.05, 4.69) is 24.8 Å². The first-order valence-corrected chi connectivity index (χ1v) is 6.79. The molecule has 0 atom stereocenters. The minimum atomic E-state index is 0.752. The fourth-order valence-electron chi connectivity index (χ4n) is 2.10. The summed E-state index contributed by atoms with van der Waals surface area (Å²) in [5, 5.41) is 3.39. The van der Waals surface area contributed by atoms with Gasteiger partial charge in [0.25, 0.3) is 0 Å². The van der Waals surface area contributed by atoms with Gasteiger partial charge in [-0.15, -0.1) is 0 Å². The highest BCUT2D eigenvalue weighted by molar-refractivity contribution is 5.73. The minimum absolute atomic E-state index is 0.752. The van der Waals surface area contributed by atoms with Crippen molar-refractivity contribution in [1.29, 1.82) is 0 Å². The molecule has 0 radical (unpaired) electrons. The van der Waals surface area contributed by atoms with Crippen LogP contribution in [0, 0.1) is 0 Å². The molecule has 2 aromatic heterocycles. The third-order valence-electron chi connectivity index (χ3n) is 3.13. The van der Waals surface area contributed by atoms with Crippen LogP contribution in [0.2, 0.25) is 0 Å². The molecule has 0 aliphatic rings. The summed E-state index contributed by atoms with van der Waals surface area (Å²) in [7, 11) is 0. The number of nitrogens with zero attached hydrogens (tertiary/aromatic N) is 4. The first-order chi connectivity index (χ1) is 9.92. The standard InChI is InChI=1S/C15H17N5/c1-2-5-15-14(4-1)18-11-13(19-15)10-16-6-3-8-20-9-7-17-12-20/h1-2,4-5,7,9,11-12,16H,3,6,8,10H2. The van der Waals surface area contributed by atoms with E-state index >= 15 is 0 Å². The highest BCUT2D eigenvalue weighted by atomic mass is 15.0. The summed E-state index contributed by atoms with van der Waals surface area (Å²) in [4.78, 5) is 13.0. The Balaban J connectivity index is 1.47. The van der Waals surface area contributed by atoms with Crippen molar-refractivity contribution >= 4 is 11.0 Å². The number of fused-ring (bicyclic) bond motifs is 1. The number of aryl methyl sites for hydroxylation is 1. The second-order valence-electron chi connectivity index (χ2n) is 4.68. The lowest BCUT2D eigenvalue weighted by molar-refractivity contribution is 0.577. The lowest BCUT2D eigenvalue weighted by atomic mass is 10.3. The molecule has 1 N–H and O–H groups in total. The molecule has 0 unspecified atom stereocenters. The molecule has 5 heteroatoms. The average Bonchev–Trinajstić information content (AvgIpc) is 3.00. The van der Waals surface area contributed by atoms with Crippen molar-refractivity contribution < 1.29 is 0 Å². The van der Waals surface area contributed by atoms with Crippen LogP contribution in [-0.4, -0.2) is 26.1 Å². The maximum absolute atomic E-state index is 4.58. The van der Waals surface area contributed by atoms with E-state index in [9.17, 15) is 0 Å². The largest absolute Gasteiger partial charge is 0.337 e. The van der Waals surface area contributed by atoms with Gasteiger partial charge in [0.1, 0.15) is 0 Å². The van der Waals surface area contributed by atoms with E-state index in [1.807, 2.05) is 43.0 Å². The molecule has 3 rings (SSSR count). The van der Waals surface area contributed by atoms with E-state index in [1.54, 1.807) is 6.20 Å². The number of nitrogens with one attached hydrogen (secondary N) is 1. The van der Waals surface area contributed by atoms with Crippen molar-refractivity contribution in [3.63, 3.8) is 0 Å². The molecule has 0 amide bonds. The van der Waals surface area contributed by atoms with E-state index in [4.69, 9.17) is 0 Å². The van der Waals surface area contributed by atoms with Gasteiger partial charge in [-0.25, -0.2) is 9.97 Å². The molecule has 3 aromatic rings. The summed E-state index contributed by atoms with van der Waals surface area (Å²) in [5.74, 6) is 0. The van der Waals surface area contributed by atoms with Crippen LogP contribution in [0.3, 0.4) is 0 Å². The van der Waals surface area contributed by atoms with Gasteiger partial charge in [-0.3, -0.25) is 4.98 Å². The molecule has 20 heavy (non-hydrogen) atoms. The Hall–Kier alpha value is -2.27. The zero-order valence-corrected chi connectivity index (χ0v) is 11.2. The van der Waals surface area contributed by atoms with Gasteiger partial charge in [0.2, 0.25) is 0 Å². The van der Waals surface area contributed by atoms with Gasteiger partial charge < -0.3 is 9.88 Å². The maximum atomic E-state index is 4.58. The van der Waals surface area contributed by atoms with Crippen LogP contribution in [-0.2, 0) is 13.1 Å². The van der Waals surface area contributed by atoms with E-state index in [0.29, 0.717) is 0 Å². The Morgan fingerprint density at radius 3 is 2.90 bits per heavy atom. The number of aromatic nitrogens is 4. The van der Waals surface area contributed by atoms with Gasteiger partial charge in [0.15, 0.2) is 0 Å². The molecular weight excluding hydrogens is 250 g/mol. The highest BCUT2D eigenvalue weighted by Crippen LogP contribution is 2.08. The molecule has 0 fully saturated rings. The summed E-state index contributed by atoms with van der Waals surface area (Å²) >= 11 is 0. The Labute approximate surface area is 117 Å². The van der Waals surface area contributed by atoms with Crippen molar-refractivity contribution in [1.82, 2.24) is 24.8 Å². The van der Waals surface area contributed by atoms with Gasteiger partial charge in [0.05, 0.1) is 29.3 Å². The van der Waals surface area contributed by atoms with Crippen molar-refractivity contribution in [3.8, 4) is 0 Å². The van der Waals surface area contributed by atoms with E-state index in [0.717, 1.165) is 42.8 Å². The maximum Gasteiger partial charge on any atom is 0.0945 e. The molecular formula is C15H17N5. The Morgan fingerprint density at radius 2 is 2.05 bits per heavy atom. The quantitative estimate of drug-likeness (QED) is 0.694. The zero-order chi connectivity index (χ0) is 13.6. The summed E-state index contributed by atoms with van der Waals surface area (Å²) < 4.78 is 2.08. The van der Waals surface area contributed by atoms with Gasteiger partial charge in [-0.05, 0) is 25.1 Å². The first-order valence-electron chi connectivity index (χ1n) is 6.79.